The van der Waals surface area contributed by atoms with Gasteiger partial charge in [0.2, 0.25) is 0 Å². The average molecular weight is 258 g/mol. The van der Waals surface area contributed by atoms with Crippen LogP contribution in [0, 0.1) is 0 Å². The number of aromatic nitrogens is 4. The molecule has 0 aliphatic heterocycles. The smallest absolute Gasteiger partial charge is 0.141 e. The lowest BCUT2D eigenvalue weighted by molar-refractivity contribution is 0.878. The van der Waals surface area contributed by atoms with Crippen LogP contribution in [-0.2, 0) is 0 Å². The van der Waals surface area contributed by atoms with E-state index < -0.39 is 0 Å². The van der Waals surface area contributed by atoms with Crippen LogP contribution >= 0.6 is 11.6 Å². The van der Waals surface area contributed by atoms with Crippen molar-refractivity contribution in [1.29, 1.82) is 0 Å². The maximum Gasteiger partial charge on any atom is 0.141 e. The first-order chi connectivity index (χ1) is 8.83. The van der Waals surface area contributed by atoms with Crippen LogP contribution in [0.15, 0.2) is 48.1 Å². The van der Waals surface area contributed by atoms with Gasteiger partial charge in [-0.2, -0.15) is 5.10 Å². The van der Waals surface area contributed by atoms with Gasteiger partial charge >= 0.3 is 0 Å². The molecule has 0 N–H and O–H groups in total. The summed E-state index contributed by atoms with van der Waals surface area (Å²) in [5, 5.41) is 12.9. The van der Waals surface area contributed by atoms with E-state index in [1.165, 1.54) is 17.3 Å². The summed E-state index contributed by atoms with van der Waals surface area (Å²) in [5.41, 5.74) is 1.62. The molecular formula is C12H8ClN5. The van der Waals surface area contributed by atoms with E-state index in [0.29, 0.717) is 5.15 Å². The SMILES string of the molecule is Clc1nc2ccccc2cc1/C=N\n1cnnc1. The molecule has 0 fully saturated rings. The maximum atomic E-state index is 6.10. The van der Waals surface area contributed by atoms with Gasteiger partial charge < -0.3 is 0 Å². The van der Waals surface area contributed by atoms with Crippen molar-refractivity contribution >= 4 is 28.7 Å². The number of para-hydroxylation sites is 1. The summed E-state index contributed by atoms with van der Waals surface area (Å²) in [7, 11) is 0. The summed E-state index contributed by atoms with van der Waals surface area (Å²) >= 11 is 6.10. The molecule has 3 rings (SSSR count). The Kier molecular flexibility index (Phi) is 2.74. The second-order valence-electron chi connectivity index (χ2n) is 3.65. The van der Waals surface area contributed by atoms with Crippen molar-refractivity contribution in [2.75, 3.05) is 0 Å². The third kappa shape index (κ3) is 2.08. The molecule has 0 unspecified atom stereocenters. The van der Waals surface area contributed by atoms with E-state index in [9.17, 15) is 0 Å². The van der Waals surface area contributed by atoms with E-state index in [1.807, 2.05) is 30.3 Å². The van der Waals surface area contributed by atoms with Gasteiger partial charge in [0.05, 0.1) is 11.7 Å². The molecule has 3 aromatic rings. The van der Waals surface area contributed by atoms with E-state index in [0.717, 1.165) is 16.5 Å². The van der Waals surface area contributed by atoms with Gasteiger partial charge in [0.1, 0.15) is 17.8 Å². The van der Waals surface area contributed by atoms with Gasteiger partial charge in [-0.3, -0.25) is 0 Å². The van der Waals surface area contributed by atoms with Gasteiger partial charge in [-0.15, -0.1) is 10.2 Å². The quantitative estimate of drug-likeness (QED) is 0.523. The highest BCUT2D eigenvalue weighted by Gasteiger charge is 2.02. The number of hydrogen-bond donors (Lipinski definition) is 0. The Hall–Kier alpha value is -2.27. The van der Waals surface area contributed by atoms with Crippen molar-refractivity contribution in [3.8, 4) is 0 Å². The zero-order chi connectivity index (χ0) is 12.4. The zero-order valence-electron chi connectivity index (χ0n) is 9.23. The Balaban J connectivity index is 2.04. The Morgan fingerprint density at radius 2 is 1.94 bits per heavy atom. The topological polar surface area (TPSA) is 56.0 Å². The highest BCUT2D eigenvalue weighted by Crippen LogP contribution is 2.18. The molecule has 0 saturated heterocycles. The van der Waals surface area contributed by atoms with Crippen molar-refractivity contribution in [3.05, 3.63) is 53.7 Å². The number of pyridine rings is 1. The number of fused-ring (bicyclic) bond motifs is 1. The van der Waals surface area contributed by atoms with Gasteiger partial charge in [-0.1, -0.05) is 29.8 Å². The standard InChI is InChI=1S/C12H8ClN5/c13-12-10(6-16-18-7-14-15-8-18)5-9-3-1-2-4-11(9)17-12/h1-8H/b16-6-. The molecule has 0 amide bonds. The maximum absolute atomic E-state index is 6.10. The Morgan fingerprint density at radius 3 is 2.78 bits per heavy atom. The third-order valence-corrected chi connectivity index (χ3v) is 2.74. The number of benzene rings is 1. The largest absolute Gasteiger partial charge is 0.235 e. The minimum atomic E-state index is 0.422. The van der Waals surface area contributed by atoms with E-state index in [-0.39, 0.29) is 0 Å². The molecule has 18 heavy (non-hydrogen) atoms. The lowest BCUT2D eigenvalue weighted by atomic mass is 10.2. The highest BCUT2D eigenvalue weighted by molar-refractivity contribution is 6.32. The van der Waals surface area contributed by atoms with Crippen LogP contribution < -0.4 is 0 Å². The molecule has 2 aromatic heterocycles. The first kappa shape index (κ1) is 10.9. The fourth-order valence-electron chi connectivity index (χ4n) is 1.58. The molecule has 0 saturated carbocycles. The first-order valence-electron chi connectivity index (χ1n) is 5.27. The van der Waals surface area contributed by atoms with E-state index in [2.05, 4.69) is 20.3 Å². The molecule has 0 aliphatic rings. The van der Waals surface area contributed by atoms with Crippen LogP contribution in [0.25, 0.3) is 10.9 Å². The number of hydrogen-bond acceptors (Lipinski definition) is 4. The molecule has 0 bridgehead atoms. The number of nitrogens with zero attached hydrogens (tertiary/aromatic N) is 5. The molecule has 0 atom stereocenters. The van der Waals surface area contributed by atoms with Crippen LogP contribution in [0.1, 0.15) is 5.56 Å². The van der Waals surface area contributed by atoms with Gasteiger partial charge in [0.15, 0.2) is 0 Å². The molecule has 1 aromatic carbocycles. The van der Waals surface area contributed by atoms with Crippen molar-refractivity contribution in [3.63, 3.8) is 0 Å². The Labute approximate surface area is 108 Å². The second kappa shape index (κ2) is 4.54. The fraction of sp³-hybridized carbons (Fsp3) is 0. The van der Waals surface area contributed by atoms with Gasteiger partial charge in [-0.25, -0.2) is 9.66 Å². The minimum Gasteiger partial charge on any atom is -0.235 e. The van der Waals surface area contributed by atoms with Crippen molar-refractivity contribution in [1.82, 2.24) is 19.9 Å². The van der Waals surface area contributed by atoms with Crippen molar-refractivity contribution in [2.45, 2.75) is 0 Å². The van der Waals surface area contributed by atoms with Gasteiger partial charge in [0.25, 0.3) is 0 Å². The summed E-state index contributed by atoms with van der Waals surface area (Å²) in [4.78, 5) is 4.31. The lowest BCUT2D eigenvalue weighted by Gasteiger charge is -2.01. The van der Waals surface area contributed by atoms with Gasteiger partial charge in [0, 0.05) is 10.9 Å². The van der Waals surface area contributed by atoms with Crippen LogP contribution in [0.5, 0.6) is 0 Å². The average Bonchev–Trinajstić information content (AvgIpc) is 2.89. The molecular weight excluding hydrogens is 250 g/mol. The van der Waals surface area contributed by atoms with Crippen LogP contribution in [0.4, 0.5) is 0 Å². The molecule has 0 spiro atoms. The predicted octanol–water partition coefficient (Wildman–Crippen LogP) is 2.36. The zero-order valence-corrected chi connectivity index (χ0v) is 9.99. The number of rotatable bonds is 2. The van der Waals surface area contributed by atoms with E-state index in [1.54, 1.807) is 6.21 Å². The second-order valence-corrected chi connectivity index (χ2v) is 4.01. The third-order valence-electron chi connectivity index (χ3n) is 2.44. The molecule has 5 nitrogen and oxygen atoms in total. The predicted molar refractivity (Wildman–Crippen MR) is 69.8 cm³/mol. The van der Waals surface area contributed by atoms with Crippen LogP contribution in [-0.4, -0.2) is 26.1 Å². The molecule has 0 aliphatic carbocycles. The van der Waals surface area contributed by atoms with Crippen molar-refractivity contribution in [2.24, 2.45) is 5.10 Å². The summed E-state index contributed by atoms with van der Waals surface area (Å²) in [6, 6.07) is 9.73. The van der Waals surface area contributed by atoms with Crippen LogP contribution in [0.3, 0.4) is 0 Å². The normalized spacial score (nSPS) is 11.4. The minimum absolute atomic E-state index is 0.422. The monoisotopic (exact) mass is 257 g/mol. The summed E-state index contributed by atoms with van der Waals surface area (Å²) in [5.74, 6) is 0. The number of halogens is 1. The van der Waals surface area contributed by atoms with E-state index >= 15 is 0 Å². The Bertz CT molecular complexity index is 706. The van der Waals surface area contributed by atoms with E-state index in [4.69, 9.17) is 11.6 Å². The summed E-state index contributed by atoms with van der Waals surface area (Å²) in [6.45, 7) is 0. The fourth-order valence-corrected chi connectivity index (χ4v) is 1.78. The Morgan fingerprint density at radius 1 is 1.17 bits per heavy atom. The van der Waals surface area contributed by atoms with Gasteiger partial charge in [-0.05, 0) is 12.1 Å². The lowest BCUT2D eigenvalue weighted by Crippen LogP contribution is -1.91. The molecule has 0 radical (unpaired) electrons. The molecule has 6 heteroatoms. The molecule has 88 valence electrons. The summed E-state index contributed by atoms with van der Waals surface area (Å²) < 4.78 is 1.49. The van der Waals surface area contributed by atoms with Crippen molar-refractivity contribution < 1.29 is 0 Å². The summed E-state index contributed by atoms with van der Waals surface area (Å²) in [6.07, 6.45) is 4.63. The highest BCUT2D eigenvalue weighted by atomic mass is 35.5. The van der Waals surface area contributed by atoms with Crippen LogP contribution in [0.2, 0.25) is 5.15 Å². The first-order valence-corrected chi connectivity index (χ1v) is 5.65. The molecule has 2 heterocycles.